The molecule has 2 aromatic rings. The Morgan fingerprint density at radius 2 is 1.74 bits per heavy atom. The number of hydrogen-bond acceptors (Lipinski definition) is 2. The van der Waals surface area contributed by atoms with E-state index in [9.17, 15) is 4.79 Å². The lowest BCUT2D eigenvalue weighted by atomic mass is 10.0. The lowest BCUT2D eigenvalue weighted by Gasteiger charge is -2.07. The van der Waals surface area contributed by atoms with E-state index in [0.29, 0.717) is 0 Å². The third-order valence-corrected chi connectivity index (χ3v) is 4.08. The summed E-state index contributed by atoms with van der Waals surface area (Å²) in [7, 11) is 0. The predicted molar refractivity (Wildman–Crippen MR) is 78.5 cm³/mol. The fourth-order valence-electron chi connectivity index (χ4n) is 1.74. The zero-order chi connectivity index (χ0) is 13.7. The Morgan fingerprint density at radius 3 is 2.32 bits per heavy atom. The van der Waals surface area contributed by atoms with Crippen molar-refractivity contribution in [2.75, 3.05) is 0 Å². The Bertz CT molecular complexity index is 534. The number of carboxylic acid groups (broad SMARTS) is 1. The number of carbonyl (C=O) groups is 1. The van der Waals surface area contributed by atoms with Crippen LogP contribution in [0.4, 0.5) is 0 Å². The van der Waals surface area contributed by atoms with Gasteiger partial charge >= 0.3 is 5.97 Å². The number of hydrogen-bond donors (Lipinski definition) is 1. The quantitative estimate of drug-likeness (QED) is 0.830. The van der Waals surface area contributed by atoms with Crippen molar-refractivity contribution in [1.82, 2.24) is 0 Å². The highest BCUT2D eigenvalue weighted by atomic mass is 32.2. The summed E-state index contributed by atoms with van der Waals surface area (Å²) in [4.78, 5) is 12.0. The molecule has 98 valence electrons. The van der Waals surface area contributed by atoms with Crippen LogP contribution in [0.2, 0.25) is 0 Å². The molecule has 2 aromatic carbocycles. The molecule has 1 atom stereocenters. The van der Waals surface area contributed by atoms with Gasteiger partial charge in [0.15, 0.2) is 0 Å². The smallest absolute Gasteiger partial charge is 0.310 e. The Balaban J connectivity index is 1.97. The first kappa shape index (κ1) is 13.7. The molecule has 0 radical (unpaired) electrons. The zero-order valence-corrected chi connectivity index (χ0v) is 11.6. The average molecular weight is 272 g/mol. The van der Waals surface area contributed by atoms with Gasteiger partial charge in [-0.05, 0) is 30.2 Å². The van der Waals surface area contributed by atoms with E-state index < -0.39 is 11.9 Å². The Hall–Kier alpha value is -1.74. The molecule has 0 spiro atoms. The van der Waals surface area contributed by atoms with Crippen molar-refractivity contribution in [2.45, 2.75) is 23.5 Å². The molecule has 2 rings (SSSR count). The zero-order valence-electron chi connectivity index (χ0n) is 10.7. The van der Waals surface area contributed by atoms with Gasteiger partial charge in [0.05, 0.1) is 5.92 Å². The second kappa shape index (κ2) is 6.43. The SMILES string of the molecule is CC(C(=O)O)c1ccc(SCc2ccccc2)cc1. The molecule has 0 bridgehead atoms. The van der Waals surface area contributed by atoms with E-state index in [-0.39, 0.29) is 0 Å². The van der Waals surface area contributed by atoms with E-state index in [2.05, 4.69) is 12.1 Å². The van der Waals surface area contributed by atoms with Crippen LogP contribution < -0.4 is 0 Å². The van der Waals surface area contributed by atoms with Gasteiger partial charge in [-0.25, -0.2) is 0 Å². The topological polar surface area (TPSA) is 37.3 Å². The summed E-state index contributed by atoms with van der Waals surface area (Å²) in [6.07, 6.45) is 0. The van der Waals surface area contributed by atoms with Gasteiger partial charge < -0.3 is 5.11 Å². The summed E-state index contributed by atoms with van der Waals surface area (Å²) in [6, 6.07) is 18.1. The van der Waals surface area contributed by atoms with Gasteiger partial charge in [0.1, 0.15) is 0 Å². The predicted octanol–water partition coefficient (Wildman–Crippen LogP) is 4.17. The number of rotatable bonds is 5. The van der Waals surface area contributed by atoms with Crippen molar-refractivity contribution in [1.29, 1.82) is 0 Å². The molecule has 0 aliphatic carbocycles. The first-order valence-corrected chi connectivity index (χ1v) is 7.15. The van der Waals surface area contributed by atoms with Crippen LogP contribution in [-0.2, 0) is 10.5 Å². The van der Waals surface area contributed by atoms with Crippen LogP contribution in [0.15, 0.2) is 59.5 Å². The van der Waals surface area contributed by atoms with Gasteiger partial charge in [-0.1, -0.05) is 42.5 Å². The van der Waals surface area contributed by atoms with E-state index >= 15 is 0 Å². The minimum Gasteiger partial charge on any atom is -0.481 e. The van der Waals surface area contributed by atoms with Gasteiger partial charge in [0.25, 0.3) is 0 Å². The van der Waals surface area contributed by atoms with Crippen molar-refractivity contribution < 1.29 is 9.90 Å². The lowest BCUT2D eigenvalue weighted by Crippen LogP contribution is -2.06. The molecule has 0 saturated carbocycles. The van der Waals surface area contributed by atoms with Crippen LogP contribution >= 0.6 is 11.8 Å². The van der Waals surface area contributed by atoms with Gasteiger partial charge in [-0.3, -0.25) is 4.79 Å². The number of carboxylic acids is 1. The van der Waals surface area contributed by atoms with E-state index in [1.54, 1.807) is 18.7 Å². The molecule has 0 saturated heterocycles. The highest BCUT2D eigenvalue weighted by molar-refractivity contribution is 7.98. The maximum Gasteiger partial charge on any atom is 0.310 e. The third kappa shape index (κ3) is 3.86. The fraction of sp³-hybridized carbons (Fsp3) is 0.188. The van der Waals surface area contributed by atoms with Crippen LogP contribution in [0, 0.1) is 0 Å². The molecular formula is C16H16O2S. The van der Waals surface area contributed by atoms with Crippen molar-refractivity contribution >= 4 is 17.7 Å². The normalized spacial score (nSPS) is 12.1. The van der Waals surface area contributed by atoms with E-state index in [4.69, 9.17) is 5.11 Å². The van der Waals surface area contributed by atoms with E-state index in [0.717, 1.165) is 16.2 Å². The average Bonchev–Trinajstić information content (AvgIpc) is 2.46. The molecule has 19 heavy (non-hydrogen) atoms. The molecular weight excluding hydrogens is 256 g/mol. The molecule has 0 aliphatic rings. The van der Waals surface area contributed by atoms with Crippen LogP contribution in [0.25, 0.3) is 0 Å². The molecule has 2 nitrogen and oxygen atoms in total. The molecule has 1 N–H and O–H groups in total. The van der Waals surface area contributed by atoms with Crippen molar-refractivity contribution in [2.24, 2.45) is 0 Å². The summed E-state index contributed by atoms with van der Waals surface area (Å²) >= 11 is 1.75. The molecule has 0 aromatic heterocycles. The maximum absolute atomic E-state index is 10.9. The maximum atomic E-state index is 10.9. The lowest BCUT2D eigenvalue weighted by molar-refractivity contribution is -0.138. The molecule has 0 fully saturated rings. The second-order valence-corrected chi connectivity index (χ2v) is 5.45. The van der Waals surface area contributed by atoms with Gasteiger partial charge in [-0.2, -0.15) is 0 Å². The van der Waals surface area contributed by atoms with Gasteiger partial charge in [0.2, 0.25) is 0 Å². The Morgan fingerprint density at radius 1 is 1.11 bits per heavy atom. The summed E-state index contributed by atoms with van der Waals surface area (Å²) in [5.74, 6) is -0.313. The van der Waals surface area contributed by atoms with Crippen molar-refractivity contribution in [3.8, 4) is 0 Å². The van der Waals surface area contributed by atoms with Crippen molar-refractivity contribution in [3.63, 3.8) is 0 Å². The van der Waals surface area contributed by atoms with Crippen molar-refractivity contribution in [3.05, 3.63) is 65.7 Å². The molecule has 1 unspecified atom stereocenters. The van der Waals surface area contributed by atoms with Gasteiger partial charge in [-0.15, -0.1) is 11.8 Å². The first-order valence-electron chi connectivity index (χ1n) is 6.16. The molecule has 3 heteroatoms. The van der Waals surface area contributed by atoms with Gasteiger partial charge in [0, 0.05) is 10.6 Å². The summed E-state index contributed by atoms with van der Waals surface area (Å²) in [5.41, 5.74) is 2.13. The molecule has 0 amide bonds. The van der Waals surface area contributed by atoms with Crippen LogP contribution in [0.5, 0.6) is 0 Å². The van der Waals surface area contributed by atoms with E-state index in [1.165, 1.54) is 5.56 Å². The summed E-state index contributed by atoms with van der Waals surface area (Å²) in [5, 5.41) is 8.95. The highest BCUT2D eigenvalue weighted by Gasteiger charge is 2.12. The minimum absolute atomic E-state index is 0.451. The largest absolute Gasteiger partial charge is 0.481 e. The summed E-state index contributed by atoms with van der Waals surface area (Å²) in [6.45, 7) is 1.70. The third-order valence-electron chi connectivity index (χ3n) is 3.00. The molecule has 0 heterocycles. The number of benzene rings is 2. The Kier molecular flexibility index (Phi) is 4.63. The second-order valence-electron chi connectivity index (χ2n) is 4.40. The van der Waals surface area contributed by atoms with Crippen LogP contribution in [0.1, 0.15) is 24.0 Å². The first-order chi connectivity index (χ1) is 9.16. The van der Waals surface area contributed by atoms with E-state index in [1.807, 2.05) is 42.5 Å². The van der Waals surface area contributed by atoms with Crippen LogP contribution in [-0.4, -0.2) is 11.1 Å². The number of aliphatic carboxylic acids is 1. The van der Waals surface area contributed by atoms with Crippen LogP contribution in [0.3, 0.4) is 0 Å². The monoisotopic (exact) mass is 272 g/mol. The fourth-order valence-corrected chi connectivity index (χ4v) is 2.59. The Labute approximate surface area is 117 Å². The standard InChI is InChI=1S/C16H16O2S/c1-12(16(17)18)14-7-9-15(10-8-14)19-11-13-5-3-2-4-6-13/h2-10,12H,11H2,1H3,(H,17,18). The minimum atomic E-state index is -0.787. The summed E-state index contributed by atoms with van der Waals surface area (Å²) < 4.78 is 0. The number of thioether (sulfide) groups is 1. The highest BCUT2D eigenvalue weighted by Crippen LogP contribution is 2.25. The molecule has 0 aliphatic heterocycles.